The first-order valence-electron chi connectivity index (χ1n) is 9.77. The molecular weight excluding hydrogens is 410 g/mol. The van der Waals surface area contributed by atoms with Crippen LogP contribution in [0.1, 0.15) is 5.56 Å². The van der Waals surface area contributed by atoms with Gasteiger partial charge in [0.2, 0.25) is 0 Å². The van der Waals surface area contributed by atoms with E-state index in [2.05, 4.69) is 15.6 Å². The Morgan fingerprint density at radius 1 is 0.968 bits per heavy atom. The first-order chi connectivity index (χ1) is 15.1. The van der Waals surface area contributed by atoms with Gasteiger partial charge in [-0.25, -0.2) is 14.6 Å². The number of esters is 1. The molecule has 0 bridgehead atoms. The second-order valence-corrected chi connectivity index (χ2v) is 7.96. The van der Waals surface area contributed by atoms with Gasteiger partial charge in [-0.3, -0.25) is 0 Å². The molecular formula is C24H21N3O3S. The molecule has 1 aromatic heterocycles. The number of methoxy groups -OCH3 is 1. The van der Waals surface area contributed by atoms with E-state index in [1.54, 1.807) is 11.3 Å². The van der Waals surface area contributed by atoms with Crippen molar-refractivity contribution in [2.45, 2.75) is 12.5 Å². The van der Waals surface area contributed by atoms with Crippen molar-refractivity contribution in [1.29, 1.82) is 0 Å². The highest BCUT2D eigenvalue weighted by Gasteiger charge is 2.22. The Balaban J connectivity index is 1.41. The van der Waals surface area contributed by atoms with E-state index in [1.165, 1.54) is 7.11 Å². The van der Waals surface area contributed by atoms with Gasteiger partial charge in [0.1, 0.15) is 11.0 Å². The fourth-order valence-electron chi connectivity index (χ4n) is 3.20. The Kier molecular flexibility index (Phi) is 6.24. The molecule has 0 aliphatic rings. The lowest BCUT2D eigenvalue weighted by Gasteiger charge is -2.17. The van der Waals surface area contributed by atoms with Gasteiger partial charge in [-0.15, -0.1) is 11.3 Å². The molecule has 1 heterocycles. The number of hydrogen-bond acceptors (Lipinski definition) is 5. The fraction of sp³-hybridized carbons (Fsp3) is 0.125. The number of ether oxygens (including phenoxy) is 1. The second kappa shape index (κ2) is 9.40. The molecule has 31 heavy (non-hydrogen) atoms. The first kappa shape index (κ1) is 20.6. The number of amides is 2. The van der Waals surface area contributed by atoms with Gasteiger partial charge in [0.05, 0.1) is 17.3 Å². The van der Waals surface area contributed by atoms with Crippen LogP contribution in [0.25, 0.3) is 20.8 Å². The minimum Gasteiger partial charge on any atom is -0.467 e. The molecule has 0 unspecified atom stereocenters. The number of aromatic nitrogens is 1. The van der Waals surface area contributed by atoms with Gasteiger partial charge in [0.25, 0.3) is 0 Å². The molecule has 2 amide bonds. The number of anilines is 1. The number of para-hydroxylation sites is 1. The van der Waals surface area contributed by atoms with Crippen LogP contribution in [0.5, 0.6) is 0 Å². The Bertz CT molecular complexity index is 1160. The predicted octanol–water partition coefficient (Wildman–Crippen LogP) is 4.87. The monoisotopic (exact) mass is 431 g/mol. The Morgan fingerprint density at radius 3 is 2.39 bits per heavy atom. The van der Waals surface area contributed by atoms with Crippen molar-refractivity contribution >= 4 is 39.2 Å². The van der Waals surface area contributed by atoms with Crippen LogP contribution in [0.3, 0.4) is 0 Å². The quantitative estimate of drug-likeness (QED) is 0.427. The topological polar surface area (TPSA) is 80.3 Å². The zero-order valence-corrected chi connectivity index (χ0v) is 17.7. The highest BCUT2D eigenvalue weighted by atomic mass is 32.1. The Morgan fingerprint density at radius 2 is 1.68 bits per heavy atom. The van der Waals surface area contributed by atoms with Crippen molar-refractivity contribution in [2.24, 2.45) is 0 Å². The molecule has 4 aromatic rings. The maximum atomic E-state index is 12.5. The average Bonchev–Trinajstić information content (AvgIpc) is 3.23. The number of nitrogens with one attached hydrogen (secondary N) is 2. The van der Waals surface area contributed by atoms with Crippen LogP contribution < -0.4 is 10.6 Å². The molecule has 0 radical (unpaired) electrons. The molecule has 2 N–H and O–H groups in total. The SMILES string of the molecule is COC(=O)[C@H](Cc1ccccc1)NC(=O)Nc1ccc(-c2nc3ccccc3s2)cc1. The summed E-state index contributed by atoms with van der Waals surface area (Å²) in [6.07, 6.45) is 0.345. The number of carbonyl (C=O) groups is 2. The summed E-state index contributed by atoms with van der Waals surface area (Å²) in [6, 6.07) is 23.7. The summed E-state index contributed by atoms with van der Waals surface area (Å²) in [5.41, 5.74) is 3.49. The maximum absolute atomic E-state index is 12.5. The van der Waals surface area contributed by atoms with E-state index in [4.69, 9.17) is 4.74 Å². The molecule has 0 aliphatic carbocycles. The lowest BCUT2D eigenvalue weighted by molar-refractivity contribution is -0.142. The summed E-state index contributed by atoms with van der Waals surface area (Å²) >= 11 is 1.62. The highest BCUT2D eigenvalue weighted by Crippen LogP contribution is 2.30. The highest BCUT2D eigenvalue weighted by molar-refractivity contribution is 7.21. The molecule has 4 rings (SSSR count). The van der Waals surface area contributed by atoms with Crippen LogP contribution in [0.4, 0.5) is 10.5 Å². The number of benzene rings is 3. The van der Waals surface area contributed by atoms with Crippen LogP contribution in [-0.4, -0.2) is 30.1 Å². The summed E-state index contributed by atoms with van der Waals surface area (Å²) in [7, 11) is 1.31. The molecule has 156 valence electrons. The Labute approximate surface area is 183 Å². The normalized spacial score (nSPS) is 11.6. The molecule has 0 fully saturated rings. The molecule has 3 aromatic carbocycles. The summed E-state index contributed by atoms with van der Waals surface area (Å²) in [5, 5.41) is 6.38. The third kappa shape index (κ3) is 5.07. The average molecular weight is 432 g/mol. The van der Waals surface area contributed by atoms with E-state index in [-0.39, 0.29) is 0 Å². The molecule has 0 spiro atoms. The van der Waals surface area contributed by atoms with E-state index in [0.717, 1.165) is 26.4 Å². The van der Waals surface area contributed by atoms with Gasteiger partial charge in [0, 0.05) is 17.7 Å². The second-order valence-electron chi connectivity index (χ2n) is 6.93. The standard InChI is InChI=1S/C24H21N3O3S/c1-30-23(28)20(15-16-7-3-2-4-8-16)27-24(29)25-18-13-11-17(12-14-18)22-26-19-9-5-6-10-21(19)31-22/h2-14,20H,15H2,1H3,(H2,25,27,29)/t20-/m0/s1. The lowest BCUT2D eigenvalue weighted by atomic mass is 10.1. The van der Waals surface area contributed by atoms with Gasteiger partial charge >= 0.3 is 12.0 Å². The van der Waals surface area contributed by atoms with Crippen LogP contribution in [0.2, 0.25) is 0 Å². The van der Waals surface area contributed by atoms with Crippen molar-refractivity contribution in [2.75, 3.05) is 12.4 Å². The summed E-state index contributed by atoms with van der Waals surface area (Å²) < 4.78 is 5.97. The third-order valence-electron chi connectivity index (χ3n) is 4.76. The van der Waals surface area contributed by atoms with Crippen molar-refractivity contribution in [1.82, 2.24) is 10.3 Å². The fourth-order valence-corrected chi connectivity index (χ4v) is 4.17. The van der Waals surface area contributed by atoms with Crippen molar-refractivity contribution < 1.29 is 14.3 Å². The number of thiazole rings is 1. The van der Waals surface area contributed by atoms with Gasteiger partial charge in [-0.05, 0) is 42.0 Å². The lowest BCUT2D eigenvalue weighted by Crippen LogP contribution is -2.45. The molecule has 0 aliphatic heterocycles. The third-order valence-corrected chi connectivity index (χ3v) is 5.84. The number of fused-ring (bicyclic) bond motifs is 1. The predicted molar refractivity (Wildman–Crippen MR) is 123 cm³/mol. The zero-order valence-electron chi connectivity index (χ0n) is 16.9. The number of carbonyl (C=O) groups excluding carboxylic acids is 2. The van der Waals surface area contributed by atoms with E-state index < -0.39 is 18.0 Å². The summed E-state index contributed by atoms with van der Waals surface area (Å²) in [6.45, 7) is 0. The smallest absolute Gasteiger partial charge is 0.328 e. The van der Waals surface area contributed by atoms with Crippen molar-refractivity contribution in [3.05, 3.63) is 84.4 Å². The minimum atomic E-state index is -0.783. The van der Waals surface area contributed by atoms with Crippen molar-refractivity contribution in [3.8, 4) is 10.6 Å². The largest absolute Gasteiger partial charge is 0.467 e. The zero-order chi connectivity index (χ0) is 21.6. The number of hydrogen-bond donors (Lipinski definition) is 2. The van der Waals surface area contributed by atoms with Crippen LogP contribution >= 0.6 is 11.3 Å². The van der Waals surface area contributed by atoms with Gasteiger partial charge in [0.15, 0.2) is 0 Å². The Hall–Kier alpha value is -3.71. The summed E-state index contributed by atoms with van der Waals surface area (Å²) in [4.78, 5) is 29.2. The molecule has 0 saturated carbocycles. The van der Waals surface area contributed by atoms with Crippen molar-refractivity contribution in [3.63, 3.8) is 0 Å². The molecule has 6 nitrogen and oxygen atoms in total. The number of rotatable bonds is 6. The first-order valence-corrected chi connectivity index (χ1v) is 10.6. The van der Waals surface area contributed by atoms with Gasteiger partial charge in [-0.2, -0.15) is 0 Å². The van der Waals surface area contributed by atoms with E-state index >= 15 is 0 Å². The minimum absolute atomic E-state index is 0.345. The summed E-state index contributed by atoms with van der Waals surface area (Å²) in [5.74, 6) is -0.495. The molecule has 7 heteroatoms. The maximum Gasteiger partial charge on any atom is 0.328 e. The van der Waals surface area contributed by atoms with Crippen LogP contribution in [0.15, 0.2) is 78.9 Å². The van der Waals surface area contributed by atoms with Crippen LogP contribution in [-0.2, 0) is 16.0 Å². The molecule has 0 saturated heterocycles. The van der Waals surface area contributed by atoms with Crippen LogP contribution in [0, 0.1) is 0 Å². The number of urea groups is 1. The van der Waals surface area contributed by atoms with E-state index in [9.17, 15) is 9.59 Å². The van der Waals surface area contributed by atoms with Gasteiger partial charge < -0.3 is 15.4 Å². The number of nitrogens with zero attached hydrogens (tertiary/aromatic N) is 1. The molecule has 1 atom stereocenters. The van der Waals surface area contributed by atoms with Gasteiger partial charge in [-0.1, -0.05) is 42.5 Å². The van der Waals surface area contributed by atoms with E-state index in [1.807, 2.05) is 78.9 Å². The van der Waals surface area contributed by atoms with E-state index in [0.29, 0.717) is 12.1 Å².